The Morgan fingerprint density at radius 3 is 2.65 bits per heavy atom. The molecule has 3 nitrogen and oxygen atoms in total. The molecule has 0 saturated carbocycles. The van der Waals surface area contributed by atoms with E-state index in [1.165, 1.54) is 0 Å². The summed E-state index contributed by atoms with van der Waals surface area (Å²) in [5.74, 6) is 1.78. The zero-order chi connectivity index (χ0) is 12.3. The molecule has 1 atom stereocenters. The lowest BCUT2D eigenvalue weighted by Gasteiger charge is -2.00. The maximum Gasteiger partial charge on any atom is 0.117 e. The number of rotatable bonds is 4. The molecule has 5 heteroatoms. The van der Waals surface area contributed by atoms with Crippen LogP contribution < -0.4 is 5.73 Å². The van der Waals surface area contributed by atoms with Crippen LogP contribution in [0.25, 0.3) is 0 Å². The van der Waals surface area contributed by atoms with Crippen LogP contribution in [0.3, 0.4) is 0 Å². The van der Waals surface area contributed by atoms with Crippen LogP contribution in [0.5, 0.6) is 0 Å². The summed E-state index contributed by atoms with van der Waals surface area (Å²) in [6, 6.07) is 11.1. The second-order valence-electron chi connectivity index (χ2n) is 3.52. The average molecular weight is 314 g/mol. The van der Waals surface area contributed by atoms with E-state index in [0.29, 0.717) is 23.8 Å². The van der Waals surface area contributed by atoms with Crippen LogP contribution in [0, 0.1) is 0 Å². The van der Waals surface area contributed by atoms with E-state index in [2.05, 4.69) is 15.9 Å². The number of halogens is 1. The van der Waals surface area contributed by atoms with Crippen LogP contribution in [-0.2, 0) is 23.1 Å². The van der Waals surface area contributed by atoms with Gasteiger partial charge in [-0.05, 0) is 30.3 Å². The van der Waals surface area contributed by atoms with E-state index in [0.717, 1.165) is 9.37 Å². The first-order valence-corrected chi connectivity index (χ1v) is 7.22. The summed E-state index contributed by atoms with van der Waals surface area (Å²) in [7, 11) is -1.10. The quantitative estimate of drug-likeness (QED) is 0.944. The van der Waals surface area contributed by atoms with Crippen molar-refractivity contribution in [3.05, 3.63) is 52.4 Å². The van der Waals surface area contributed by atoms with Crippen LogP contribution in [0.15, 0.2) is 50.2 Å². The van der Waals surface area contributed by atoms with E-state index in [1.807, 2.05) is 36.4 Å². The summed E-state index contributed by atoms with van der Waals surface area (Å²) in [5, 5.41) is 0. The normalized spacial score (nSPS) is 12.6. The molecule has 0 bridgehead atoms. The second kappa shape index (κ2) is 5.62. The van der Waals surface area contributed by atoms with Gasteiger partial charge in [-0.25, -0.2) is 0 Å². The Bertz CT molecular complexity index is 539. The summed E-state index contributed by atoms with van der Waals surface area (Å²) in [6.45, 7) is 0.365. The number of hydrogen-bond acceptors (Lipinski definition) is 3. The molecule has 1 heterocycles. The predicted molar refractivity (Wildman–Crippen MR) is 70.9 cm³/mol. The van der Waals surface area contributed by atoms with Crippen molar-refractivity contribution in [1.82, 2.24) is 0 Å². The van der Waals surface area contributed by atoms with Crippen molar-refractivity contribution in [2.24, 2.45) is 5.73 Å². The Labute approximate surface area is 111 Å². The van der Waals surface area contributed by atoms with Crippen molar-refractivity contribution in [1.29, 1.82) is 0 Å². The van der Waals surface area contributed by atoms with Gasteiger partial charge in [0.1, 0.15) is 11.5 Å². The third-order valence-corrected chi connectivity index (χ3v) is 4.07. The van der Waals surface area contributed by atoms with E-state index in [9.17, 15) is 4.21 Å². The van der Waals surface area contributed by atoms with Gasteiger partial charge in [0.25, 0.3) is 0 Å². The van der Waals surface area contributed by atoms with Crippen molar-refractivity contribution >= 4 is 26.7 Å². The average Bonchev–Trinajstić information content (AvgIpc) is 2.77. The predicted octanol–water partition coefficient (Wildman–Crippen LogP) is 2.81. The highest BCUT2D eigenvalue weighted by molar-refractivity contribution is 9.10. The molecule has 0 amide bonds. The fourth-order valence-electron chi connectivity index (χ4n) is 1.43. The first-order valence-electron chi connectivity index (χ1n) is 5.10. The molecule has 90 valence electrons. The van der Waals surface area contributed by atoms with Gasteiger partial charge in [0.2, 0.25) is 0 Å². The SMILES string of the molecule is NCc1ccc(CS(=O)c2cccc(Br)c2)o1. The van der Waals surface area contributed by atoms with Crippen LogP contribution in [0.2, 0.25) is 0 Å². The maximum absolute atomic E-state index is 12.1. The lowest BCUT2D eigenvalue weighted by Crippen LogP contribution is -1.96. The minimum Gasteiger partial charge on any atom is -0.464 e. The Hall–Kier alpha value is -0.910. The molecule has 0 fully saturated rings. The molecule has 2 aromatic rings. The Morgan fingerprint density at radius 2 is 2.00 bits per heavy atom. The molecule has 0 aliphatic rings. The first kappa shape index (κ1) is 12.5. The molecule has 0 radical (unpaired) electrons. The fourth-order valence-corrected chi connectivity index (χ4v) is 3.05. The Morgan fingerprint density at radius 1 is 1.24 bits per heavy atom. The summed E-state index contributed by atoms with van der Waals surface area (Å²) < 4.78 is 18.4. The van der Waals surface area contributed by atoms with Crippen molar-refractivity contribution in [3.63, 3.8) is 0 Å². The molecule has 2 N–H and O–H groups in total. The minimum absolute atomic E-state index is 0.365. The van der Waals surface area contributed by atoms with Gasteiger partial charge in [-0.2, -0.15) is 0 Å². The van der Waals surface area contributed by atoms with Gasteiger partial charge in [-0.15, -0.1) is 0 Å². The van der Waals surface area contributed by atoms with Gasteiger partial charge in [0.15, 0.2) is 0 Å². The molecule has 0 aliphatic heterocycles. The highest BCUT2D eigenvalue weighted by atomic mass is 79.9. The van der Waals surface area contributed by atoms with Gasteiger partial charge in [-0.1, -0.05) is 22.0 Å². The summed E-state index contributed by atoms with van der Waals surface area (Å²) in [5.41, 5.74) is 5.45. The van der Waals surface area contributed by atoms with E-state index in [1.54, 1.807) is 0 Å². The number of furan rings is 1. The van der Waals surface area contributed by atoms with Gasteiger partial charge >= 0.3 is 0 Å². The van der Waals surface area contributed by atoms with Crippen molar-refractivity contribution in [3.8, 4) is 0 Å². The van der Waals surface area contributed by atoms with Crippen molar-refractivity contribution in [2.45, 2.75) is 17.2 Å². The number of hydrogen-bond donors (Lipinski definition) is 1. The molecule has 0 saturated heterocycles. The lowest BCUT2D eigenvalue weighted by atomic mass is 10.4. The molecule has 17 heavy (non-hydrogen) atoms. The van der Waals surface area contributed by atoms with E-state index in [4.69, 9.17) is 10.2 Å². The third-order valence-electron chi connectivity index (χ3n) is 2.25. The highest BCUT2D eigenvalue weighted by Gasteiger charge is 2.08. The summed E-state index contributed by atoms with van der Waals surface area (Å²) >= 11 is 3.36. The monoisotopic (exact) mass is 313 g/mol. The smallest absolute Gasteiger partial charge is 0.117 e. The minimum atomic E-state index is -1.10. The zero-order valence-electron chi connectivity index (χ0n) is 9.06. The maximum atomic E-state index is 12.1. The largest absolute Gasteiger partial charge is 0.464 e. The first-order chi connectivity index (χ1) is 8.19. The van der Waals surface area contributed by atoms with E-state index < -0.39 is 10.8 Å². The van der Waals surface area contributed by atoms with Crippen LogP contribution >= 0.6 is 15.9 Å². The molecule has 2 rings (SSSR count). The van der Waals surface area contributed by atoms with Crippen molar-refractivity contribution < 1.29 is 8.63 Å². The topological polar surface area (TPSA) is 56.2 Å². The molecule has 1 unspecified atom stereocenters. The van der Waals surface area contributed by atoms with Gasteiger partial charge in [0.05, 0.1) is 23.1 Å². The molecular formula is C12H12BrNO2S. The summed E-state index contributed by atoms with van der Waals surface area (Å²) in [6.07, 6.45) is 0. The third kappa shape index (κ3) is 3.28. The molecule has 0 aliphatic carbocycles. The summed E-state index contributed by atoms with van der Waals surface area (Å²) in [4.78, 5) is 0.782. The molecular weight excluding hydrogens is 302 g/mol. The van der Waals surface area contributed by atoms with E-state index in [-0.39, 0.29) is 0 Å². The Kier molecular flexibility index (Phi) is 4.15. The van der Waals surface area contributed by atoms with Crippen LogP contribution in [0.1, 0.15) is 11.5 Å². The lowest BCUT2D eigenvalue weighted by molar-refractivity contribution is 0.481. The number of nitrogens with two attached hydrogens (primary N) is 1. The van der Waals surface area contributed by atoms with E-state index >= 15 is 0 Å². The van der Waals surface area contributed by atoms with Crippen molar-refractivity contribution in [2.75, 3.05) is 0 Å². The van der Waals surface area contributed by atoms with Gasteiger partial charge < -0.3 is 10.2 Å². The second-order valence-corrected chi connectivity index (χ2v) is 5.89. The van der Waals surface area contributed by atoms with Gasteiger partial charge in [0, 0.05) is 9.37 Å². The molecule has 1 aromatic heterocycles. The van der Waals surface area contributed by atoms with Gasteiger partial charge in [-0.3, -0.25) is 4.21 Å². The number of benzene rings is 1. The van der Waals surface area contributed by atoms with Crippen LogP contribution in [-0.4, -0.2) is 4.21 Å². The molecule has 0 spiro atoms. The standard InChI is InChI=1S/C12H12BrNO2S/c13-9-2-1-3-12(6-9)17(15)8-11-5-4-10(7-14)16-11/h1-6H,7-8,14H2. The highest BCUT2D eigenvalue weighted by Crippen LogP contribution is 2.18. The van der Waals surface area contributed by atoms with Crippen LogP contribution in [0.4, 0.5) is 0 Å². The Balaban J connectivity index is 2.11. The fraction of sp³-hybridized carbons (Fsp3) is 0.167. The zero-order valence-corrected chi connectivity index (χ0v) is 11.5. The molecule has 1 aromatic carbocycles.